The lowest BCUT2D eigenvalue weighted by molar-refractivity contribution is -0.133. The van der Waals surface area contributed by atoms with Crippen molar-refractivity contribution in [1.82, 2.24) is 4.90 Å². The van der Waals surface area contributed by atoms with Gasteiger partial charge in [0.05, 0.1) is 17.5 Å². The maximum atomic E-state index is 11.5. The predicted octanol–water partition coefficient (Wildman–Crippen LogP) is -1.02. The Balaban J connectivity index is 2.72. The molecule has 0 radical (unpaired) electrons. The molecule has 1 heterocycles. The molecule has 1 aliphatic rings. The second-order valence-electron chi connectivity index (χ2n) is 3.78. The van der Waals surface area contributed by atoms with Crippen molar-refractivity contribution in [2.24, 2.45) is 5.73 Å². The average Bonchev–Trinajstić information content (AvgIpc) is 2.01. The van der Waals surface area contributed by atoms with E-state index < -0.39 is 15.9 Å². The summed E-state index contributed by atoms with van der Waals surface area (Å²) in [5, 5.41) is 0. The van der Waals surface area contributed by atoms with Crippen LogP contribution in [-0.2, 0) is 14.6 Å². The van der Waals surface area contributed by atoms with E-state index in [4.69, 9.17) is 5.73 Å². The fourth-order valence-corrected chi connectivity index (χ4v) is 3.14. The van der Waals surface area contributed by atoms with Gasteiger partial charge in [-0.1, -0.05) is 0 Å². The minimum Gasteiger partial charge on any atom is -0.337 e. The van der Waals surface area contributed by atoms with Gasteiger partial charge in [-0.2, -0.15) is 0 Å². The molecule has 0 aromatic rings. The fourth-order valence-electron chi connectivity index (χ4n) is 1.59. The molecule has 1 saturated heterocycles. The average molecular weight is 220 g/mol. The van der Waals surface area contributed by atoms with Crippen molar-refractivity contribution in [3.8, 4) is 0 Å². The molecule has 1 aliphatic heterocycles. The lowest BCUT2D eigenvalue weighted by Crippen LogP contribution is -2.53. The van der Waals surface area contributed by atoms with Crippen molar-refractivity contribution in [1.29, 1.82) is 0 Å². The number of amides is 1. The minimum absolute atomic E-state index is 0.0471. The SMILES string of the molecule is CC1CS(=O)(=O)CCN1C(=O)[C@@H](C)N. The Morgan fingerprint density at radius 3 is 2.57 bits per heavy atom. The first-order valence-electron chi connectivity index (χ1n) is 4.60. The number of hydrogen-bond donors (Lipinski definition) is 1. The van der Waals surface area contributed by atoms with Crippen molar-refractivity contribution in [2.75, 3.05) is 18.1 Å². The van der Waals surface area contributed by atoms with Gasteiger partial charge in [-0.15, -0.1) is 0 Å². The van der Waals surface area contributed by atoms with Gasteiger partial charge in [0, 0.05) is 12.6 Å². The summed E-state index contributed by atoms with van der Waals surface area (Å²) in [6, 6.07) is -0.814. The van der Waals surface area contributed by atoms with Crippen LogP contribution in [0.1, 0.15) is 13.8 Å². The highest BCUT2D eigenvalue weighted by atomic mass is 32.2. The summed E-state index contributed by atoms with van der Waals surface area (Å²) in [5.41, 5.74) is 5.46. The Morgan fingerprint density at radius 2 is 2.14 bits per heavy atom. The molecule has 6 heteroatoms. The van der Waals surface area contributed by atoms with Gasteiger partial charge in [-0.05, 0) is 13.8 Å². The summed E-state index contributed by atoms with van der Waals surface area (Å²) < 4.78 is 22.5. The number of carbonyl (C=O) groups excluding carboxylic acids is 1. The first-order valence-corrected chi connectivity index (χ1v) is 6.42. The number of hydrogen-bond acceptors (Lipinski definition) is 4. The summed E-state index contributed by atoms with van der Waals surface area (Å²) >= 11 is 0. The molecular formula is C8H16N2O3S. The van der Waals surface area contributed by atoms with Crippen molar-refractivity contribution in [3.05, 3.63) is 0 Å². The van der Waals surface area contributed by atoms with Crippen LogP contribution < -0.4 is 5.73 Å². The number of nitrogens with zero attached hydrogens (tertiary/aromatic N) is 1. The van der Waals surface area contributed by atoms with Crippen LogP contribution in [0.4, 0.5) is 0 Å². The quantitative estimate of drug-likeness (QED) is 0.613. The molecule has 82 valence electrons. The van der Waals surface area contributed by atoms with Gasteiger partial charge in [0.25, 0.3) is 0 Å². The first-order chi connectivity index (χ1) is 6.33. The lowest BCUT2D eigenvalue weighted by Gasteiger charge is -2.34. The zero-order valence-electron chi connectivity index (χ0n) is 8.43. The Hall–Kier alpha value is -0.620. The molecule has 1 unspecified atom stereocenters. The Kier molecular flexibility index (Phi) is 3.16. The molecule has 2 N–H and O–H groups in total. The van der Waals surface area contributed by atoms with E-state index in [-0.39, 0.29) is 30.0 Å². The predicted molar refractivity (Wildman–Crippen MR) is 53.5 cm³/mol. The van der Waals surface area contributed by atoms with Crippen molar-refractivity contribution in [3.63, 3.8) is 0 Å². The van der Waals surface area contributed by atoms with E-state index in [2.05, 4.69) is 0 Å². The molecule has 0 bridgehead atoms. The standard InChI is InChI=1S/C8H16N2O3S/c1-6-5-14(12,13)4-3-10(6)8(11)7(2)9/h6-7H,3-5,9H2,1-2H3/t6?,7-/m1/s1. The van der Waals surface area contributed by atoms with Crippen LogP contribution in [-0.4, -0.2) is 49.4 Å². The smallest absolute Gasteiger partial charge is 0.239 e. The number of rotatable bonds is 1. The molecule has 5 nitrogen and oxygen atoms in total. The maximum absolute atomic E-state index is 11.5. The van der Waals surface area contributed by atoms with Crippen molar-refractivity contribution < 1.29 is 13.2 Å². The molecule has 1 rings (SSSR count). The lowest BCUT2D eigenvalue weighted by atomic mass is 10.2. The zero-order valence-corrected chi connectivity index (χ0v) is 9.25. The number of sulfone groups is 1. The minimum atomic E-state index is -2.96. The molecule has 0 saturated carbocycles. The van der Waals surface area contributed by atoms with E-state index in [0.29, 0.717) is 0 Å². The third kappa shape index (κ3) is 2.45. The van der Waals surface area contributed by atoms with Crippen LogP contribution in [0.15, 0.2) is 0 Å². The first kappa shape index (κ1) is 11.5. The maximum Gasteiger partial charge on any atom is 0.239 e. The van der Waals surface area contributed by atoms with Gasteiger partial charge >= 0.3 is 0 Å². The number of carbonyl (C=O) groups is 1. The largest absolute Gasteiger partial charge is 0.337 e. The molecule has 1 amide bonds. The van der Waals surface area contributed by atoms with E-state index >= 15 is 0 Å². The second-order valence-corrected chi connectivity index (χ2v) is 6.01. The number of nitrogens with two attached hydrogens (primary N) is 1. The van der Waals surface area contributed by atoms with Gasteiger partial charge in [-0.25, -0.2) is 8.42 Å². The van der Waals surface area contributed by atoms with Crippen LogP contribution >= 0.6 is 0 Å². The molecule has 0 aliphatic carbocycles. The van der Waals surface area contributed by atoms with Crippen LogP contribution in [0.3, 0.4) is 0 Å². The van der Waals surface area contributed by atoms with E-state index in [1.165, 1.54) is 0 Å². The molecule has 0 spiro atoms. The van der Waals surface area contributed by atoms with Crippen LogP contribution in [0.2, 0.25) is 0 Å². The van der Waals surface area contributed by atoms with Gasteiger partial charge < -0.3 is 10.6 Å². The highest BCUT2D eigenvalue weighted by molar-refractivity contribution is 7.91. The summed E-state index contributed by atoms with van der Waals surface area (Å²) in [4.78, 5) is 13.1. The third-order valence-electron chi connectivity index (χ3n) is 2.34. The van der Waals surface area contributed by atoms with Crippen LogP contribution in [0.25, 0.3) is 0 Å². The normalized spacial score (nSPS) is 28.5. The van der Waals surface area contributed by atoms with Gasteiger partial charge in [0.1, 0.15) is 0 Å². The van der Waals surface area contributed by atoms with Crippen LogP contribution in [0, 0.1) is 0 Å². The fraction of sp³-hybridized carbons (Fsp3) is 0.875. The van der Waals surface area contributed by atoms with Gasteiger partial charge in [-0.3, -0.25) is 4.79 Å². The molecule has 2 atom stereocenters. The van der Waals surface area contributed by atoms with Crippen molar-refractivity contribution >= 4 is 15.7 Å². The molecule has 0 aromatic carbocycles. The molecular weight excluding hydrogens is 204 g/mol. The summed E-state index contributed by atoms with van der Waals surface area (Å²) in [7, 11) is -2.96. The van der Waals surface area contributed by atoms with E-state index in [1.54, 1.807) is 18.7 Å². The molecule has 0 aromatic heterocycles. The third-order valence-corrected chi connectivity index (χ3v) is 4.14. The topological polar surface area (TPSA) is 80.5 Å². The Morgan fingerprint density at radius 1 is 1.57 bits per heavy atom. The second kappa shape index (κ2) is 3.86. The van der Waals surface area contributed by atoms with Gasteiger partial charge in [0.2, 0.25) is 5.91 Å². The molecule has 14 heavy (non-hydrogen) atoms. The zero-order chi connectivity index (χ0) is 10.9. The summed E-state index contributed by atoms with van der Waals surface area (Å²) in [5.74, 6) is -0.0752. The molecule has 1 fully saturated rings. The summed E-state index contributed by atoms with van der Waals surface area (Å²) in [6.07, 6.45) is 0. The van der Waals surface area contributed by atoms with E-state index in [0.717, 1.165) is 0 Å². The monoisotopic (exact) mass is 220 g/mol. The van der Waals surface area contributed by atoms with E-state index in [1.807, 2.05) is 0 Å². The van der Waals surface area contributed by atoms with Gasteiger partial charge in [0.15, 0.2) is 9.84 Å². The highest BCUT2D eigenvalue weighted by Gasteiger charge is 2.31. The summed E-state index contributed by atoms with van der Waals surface area (Å²) in [6.45, 7) is 3.61. The Bertz CT molecular complexity index is 323. The van der Waals surface area contributed by atoms with E-state index in [9.17, 15) is 13.2 Å². The highest BCUT2D eigenvalue weighted by Crippen LogP contribution is 2.12. The Labute approximate surface area is 84.2 Å². The van der Waals surface area contributed by atoms with Crippen LogP contribution in [0.5, 0.6) is 0 Å². The van der Waals surface area contributed by atoms with Crippen molar-refractivity contribution in [2.45, 2.75) is 25.9 Å².